The molecule has 21 heavy (non-hydrogen) atoms. The Hall–Kier alpha value is -1.81. The minimum absolute atomic E-state index is 0.0846. The minimum atomic E-state index is -1.45. The monoisotopic (exact) mass is 304 g/mol. The largest absolute Gasteiger partial charge is 0.293 e. The average molecular weight is 304 g/mol. The topological polar surface area (TPSA) is 34.1 Å². The lowest BCUT2D eigenvalue weighted by molar-refractivity contribution is 0.102. The van der Waals surface area contributed by atoms with Gasteiger partial charge in [-0.1, -0.05) is 37.6 Å². The summed E-state index contributed by atoms with van der Waals surface area (Å²) in [5, 5.41) is 0. The van der Waals surface area contributed by atoms with Gasteiger partial charge in [0.25, 0.3) is 0 Å². The number of hydrogen-bond acceptors (Lipinski definition) is 2. The van der Waals surface area contributed by atoms with E-state index in [0.717, 1.165) is 12.8 Å². The molecule has 2 rings (SSSR count). The van der Waals surface area contributed by atoms with Crippen molar-refractivity contribution in [3.05, 3.63) is 65.5 Å². The van der Waals surface area contributed by atoms with Crippen molar-refractivity contribution in [3.63, 3.8) is 0 Å². The van der Waals surface area contributed by atoms with Crippen LogP contribution >= 0.6 is 0 Å². The molecule has 110 valence electrons. The predicted octanol–water partition coefficient (Wildman–Crippen LogP) is 3.77. The lowest BCUT2D eigenvalue weighted by Gasteiger charge is -2.04. The maximum atomic E-state index is 12.8. The van der Waals surface area contributed by atoms with Crippen molar-refractivity contribution in [1.29, 1.82) is 0 Å². The Labute approximate surface area is 126 Å². The van der Waals surface area contributed by atoms with Crippen LogP contribution in [-0.2, 0) is 17.2 Å². The molecule has 0 aromatic heterocycles. The van der Waals surface area contributed by atoms with Crippen molar-refractivity contribution < 1.29 is 13.4 Å². The van der Waals surface area contributed by atoms with Crippen LogP contribution in [0.4, 0.5) is 4.39 Å². The highest BCUT2D eigenvalue weighted by Gasteiger charge is 2.12. The lowest BCUT2D eigenvalue weighted by Crippen LogP contribution is -2.11. The van der Waals surface area contributed by atoms with E-state index in [9.17, 15) is 13.4 Å². The second-order valence-corrected chi connectivity index (χ2v) is 6.27. The van der Waals surface area contributed by atoms with Gasteiger partial charge in [-0.2, -0.15) is 0 Å². The normalized spacial score (nSPS) is 12.1. The van der Waals surface area contributed by atoms with Crippen molar-refractivity contribution in [2.75, 3.05) is 5.75 Å². The number of halogens is 1. The fourth-order valence-corrected chi connectivity index (χ4v) is 3.03. The fourth-order valence-electron chi connectivity index (χ4n) is 2.02. The average Bonchev–Trinajstić information content (AvgIpc) is 2.49. The second-order valence-electron chi connectivity index (χ2n) is 4.81. The van der Waals surface area contributed by atoms with Crippen LogP contribution < -0.4 is 0 Å². The van der Waals surface area contributed by atoms with Crippen molar-refractivity contribution in [1.82, 2.24) is 0 Å². The Morgan fingerprint density at radius 1 is 1.05 bits per heavy atom. The number of ketones is 1. The van der Waals surface area contributed by atoms with Gasteiger partial charge in [0.1, 0.15) is 5.82 Å². The third-order valence-corrected chi connectivity index (χ3v) is 4.48. The van der Waals surface area contributed by atoms with E-state index in [1.54, 1.807) is 12.1 Å². The SMILES string of the molecule is CCCc1ccc(C(=O)CS(=O)c2ccc(F)cc2)cc1. The standard InChI is InChI=1S/C17H17FO2S/c1-2-3-13-4-6-14(7-5-13)17(19)12-21(20)16-10-8-15(18)9-11-16/h4-11H,2-3,12H2,1H3. The van der Waals surface area contributed by atoms with Crippen molar-refractivity contribution >= 4 is 16.6 Å². The van der Waals surface area contributed by atoms with Crippen molar-refractivity contribution in [3.8, 4) is 0 Å². The summed E-state index contributed by atoms with van der Waals surface area (Å²) >= 11 is 0. The van der Waals surface area contributed by atoms with Gasteiger partial charge in [-0.25, -0.2) is 4.39 Å². The molecule has 4 heteroatoms. The number of rotatable bonds is 6. The highest BCUT2D eigenvalue weighted by atomic mass is 32.2. The first-order valence-corrected chi connectivity index (χ1v) is 8.18. The van der Waals surface area contributed by atoms with Gasteiger partial charge in [-0.3, -0.25) is 9.00 Å². The lowest BCUT2D eigenvalue weighted by atomic mass is 10.1. The first-order chi connectivity index (χ1) is 10.1. The number of benzene rings is 2. The highest BCUT2D eigenvalue weighted by Crippen LogP contribution is 2.12. The summed E-state index contributed by atoms with van der Waals surface area (Å²) in [7, 11) is -1.45. The van der Waals surface area contributed by atoms with E-state index in [1.165, 1.54) is 29.8 Å². The van der Waals surface area contributed by atoms with E-state index in [2.05, 4.69) is 6.92 Å². The maximum absolute atomic E-state index is 12.8. The molecule has 0 saturated heterocycles. The van der Waals surface area contributed by atoms with Gasteiger partial charge in [0.15, 0.2) is 5.78 Å². The van der Waals surface area contributed by atoms with Gasteiger partial charge in [0.2, 0.25) is 0 Å². The van der Waals surface area contributed by atoms with E-state index in [0.29, 0.717) is 10.5 Å². The van der Waals surface area contributed by atoms with E-state index >= 15 is 0 Å². The zero-order valence-corrected chi connectivity index (χ0v) is 12.7. The first-order valence-electron chi connectivity index (χ1n) is 6.86. The van der Waals surface area contributed by atoms with Gasteiger partial charge < -0.3 is 0 Å². The first kappa shape index (κ1) is 15.6. The molecule has 0 bridgehead atoms. The fraction of sp³-hybridized carbons (Fsp3) is 0.235. The molecule has 0 aliphatic carbocycles. The van der Waals surface area contributed by atoms with Crippen LogP contribution in [0.15, 0.2) is 53.4 Å². The van der Waals surface area contributed by atoms with E-state index in [1.807, 2.05) is 12.1 Å². The smallest absolute Gasteiger partial charge is 0.175 e. The Kier molecular flexibility index (Phi) is 5.39. The van der Waals surface area contributed by atoms with Gasteiger partial charge in [-0.05, 0) is 36.2 Å². The van der Waals surface area contributed by atoms with Gasteiger partial charge in [0.05, 0.1) is 16.6 Å². The molecule has 0 aliphatic rings. The Morgan fingerprint density at radius 2 is 1.67 bits per heavy atom. The quantitative estimate of drug-likeness (QED) is 0.761. The predicted molar refractivity (Wildman–Crippen MR) is 82.4 cm³/mol. The van der Waals surface area contributed by atoms with Crippen LogP contribution in [0.25, 0.3) is 0 Å². The molecule has 1 unspecified atom stereocenters. The molecule has 0 saturated carbocycles. The third kappa shape index (κ3) is 4.33. The third-order valence-electron chi connectivity index (χ3n) is 3.15. The van der Waals surface area contributed by atoms with E-state index in [-0.39, 0.29) is 17.4 Å². The summed E-state index contributed by atoms with van der Waals surface area (Å²) in [6.07, 6.45) is 2.04. The van der Waals surface area contributed by atoms with Crippen molar-refractivity contribution in [2.45, 2.75) is 24.7 Å². The maximum Gasteiger partial charge on any atom is 0.175 e. The molecular weight excluding hydrogens is 287 g/mol. The van der Waals surface area contributed by atoms with Crippen LogP contribution in [0.2, 0.25) is 0 Å². The zero-order chi connectivity index (χ0) is 15.2. The molecule has 0 amide bonds. The van der Waals surface area contributed by atoms with Crippen LogP contribution in [0.5, 0.6) is 0 Å². The van der Waals surface area contributed by atoms with E-state index < -0.39 is 10.8 Å². The van der Waals surface area contributed by atoms with Crippen LogP contribution in [0.1, 0.15) is 29.3 Å². The van der Waals surface area contributed by atoms with Gasteiger partial charge in [0, 0.05) is 10.5 Å². The van der Waals surface area contributed by atoms with Gasteiger partial charge >= 0.3 is 0 Å². The van der Waals surface area contributed by atoms with Crippen LogP contribution in [0.3, 0.4) is 0 Å². The van der Waals surface area contributed by atoms with Crippen LogP contribution in [-0.4, -0.2) is 15.7 Å². The molecular formula is C17H17FO2S. The summed E-state index contributed by atoms with van der Waals surface area (Å²) in [4.78, 5) is 12.6. The second kappa shape index (κ2) is 7.27. The number of Topliss-reactive ketones (excluding diaryl/α,β-unsaturated/α-hetero) is 1. The molecule has 2 nitrogen and oxygen atoms in total. The summed E-state index contributed by atoms with van der Waals surface area (Å²) in [6.45, 7) is 2.10. The molecule has 0 aliphatic heterocycles. The number of hydrogen-bond donors (Lipinski definition) is 0. The van der Waals surface area contributed by atoms with Crippen molar-refractivity contribution in [2.24, 2.45) is 0 Å². The molecule has 0 heterocycles. The molecule has 0 radical (unpaired) electrons. The molecule has 2 aromatic rings. The Morgan fingerprint density at radius 3 is 2.24 bits per heavy atom. The summed E-state index contributed by atoms with van der Waals surface area (Å²) in [5.41, 5.74) is 1.75. The van der Waals surface area contributed by atoms with E-state index in [4.69, 9.17) is 0 Å². The summed E-state index contributed by atoms with van der Waals surface area (Å²) < 4.78 is 24.9. The van der Waals surface area contributed by atoms with Gasteiger partial charge in [-0.15, -0.1) is 0 Å². The number of aryl methyl sites for hydroxylation is 1. The molecule has 1 atom stereocenters. The molecule has 0 N–H and O–H groups in total. The molecule has 2 aromatic carbocycles. The Balaban J connectivity index is 2.03. The summed E-state index contributed by atoms with van der Waals surface area (Å²) in [6, 6.07) is 12.8. The van der Waals surface area contributed by atoms with Crippen LogP contribution in [0, 0.1) is 5.82 Å². The zero-order valence-electron chi connectivity index (χ0n) is 11.8. The molecule has 0 spiro atoms. The number of carbonyl (C=O) groups excluding carboxylic acids is 1. The minimum Gasteiger partial charge on any atom is -0.293 e. The number of carbonyl (C=O) groups is 1. The highest BCUT2D eigenvalue weighted by molar-refractivity contribution is 7.85. The Bertz CT molecular complexity index is 633. The molecule has 0 fully saturated rings. The summed E-state index contributed by atoms with van der Waals surface area (Å²) in [5.74, 6) is -0.632.